The molecule has 0 saturated carbocycles. The summed E-state index contributed by atoms with van der Waals surface area (Å²) < 4.78 is 59.9. The van der Waals surface area contributed by atoms with Crippen LogP contribution in [0.3, 0.4) is 0 Å². The number of rotatable bonds is 9. The lowest BCUT2D eigenvalue weighted by Gasteiger charge is -2.31. The topological polar surface area (TPSA) is 113 Å². The molecule has 2 aliphatic heterocycles. The molecular formula is C25H32ClN3O6S2. The number of hydrogen-bond acceptors (Lipinski definition) is 6. The zero-order valence-electron chi connectivity index (χ0n) is 20.5. The lowest BCUT2D eigenvalue weighted by atomic mass is 9.99. The minimum Gasteiger partial charge on any atom is -0.492 e. The Kier molecular flexibility index (Phi) is 9.12. The molecule has 0 bridgehead atoms. The van der Waals surface area contributed by atoms with Gasteiger partial charge in [-0.05, 0) is 74.2 Å². The van der Waals surface area contributed by atoms with Gasteiger partial charge in [0.25, 0.3) is 0 Å². The number of nitrogens with one attached hydrogen (secondary N) is 1. The molecule has 0 aliphatic carbocycles. The van der Waals surface area contributed by atoms with E-state index in [0.29, 0.717) is 43.2 Å². The molecule has 1 atom stereocenters. The first-order chi connectivity index (χ1) is 17.7. The van der Waals surface area contributed by atoms with Crippen molar-refractivity contribution in [3.05, 3.63) is 53.6 Å². The number of sulfonamides is 2. The van der Waals surface area contributed by atoms with Gasteiger partial charge in [0, 0.05) is 31.2 Å². The van der Waals surface area contributed by atoms with Gasteiger partial charge in [-0.3, -0.25) is 4.79 Å². The van der Waals surface area contributed by atoms with Crippen molar-refractivity contribution in [3.63, 3.8) is 0 Å². The predicted molar refractivity (Wildman–Crippen MR) is 140 cm³/mol. The monoisotopic (exact) mass is 569 g/mol. The third-order valence-electron chi connectivity index (χ3n) is 6.65. The SMILES string of the molecule is O=C(NCCOc1ccc(S(=O)(=O)N2CCCCC2)cc1)C1CCCN(S(=O)(=O)c2ccc(Cl)cc2)C1. The van der Waals surface area contributed by atoms with Crippen LogP contribution >= 0.6 is 11.6 Å². The van der Waals surface area contributed by atoms with E-state index < -0.39 is 26.0 Å². The molecule has 202 valence electrons. The van der Waals surface area contributed by atoms with E-state index in [2.05, 4.69) is 5.32 Å². The summed E-state index contributed by atoms with van der Waals surface area (Å²) in [4.78, 5) is 13.1. The highest BCUT2D eigenvalue weighted by Crippen LogP contribution is 2.25. The van der Waals surface area contributed by atoms with E-state index in [1.807, 2.05) is 0 Å². The van der Waals surface area contributed by atoms with Gasteiger partial charge >= 0.3 is 0 Å². The third kappa shape index (κ3) is 6.83. The number of amides is 1. The fraction of sp³-hybridized carbons (Fsp3) is 0.480. The first-order valence-electron chi connectivity index (χ1n) is 12.4. The van der Waals surface area contributed by atoms with Gasteiger partial charge in [-0.15, -0.1) is 0 Å². The number of carbonyl (C=O) groups excluding carboxylic acids is 1. The van der Waals surface area contributed by atoms with E-state index in [9.17, 15) is 21.6 Å². The van der Waals surface area contributed by atoms with Crippen LogP contribution in [0.5, 0.6) is 5.75 Å². The quantitative estimate of drug-likeness (QED) is 0.464. The number of hydrogen-bond donors (Lipinski definition) is 1. The molecule has 9 nitrogen and oxygen atoms in total. The van der Waals surface area contributed by atoms with Gasteiger partial charge in [0.05, 0.1) is 22.3 Å². The van der Waals surface area contributed by atoms with Crippen molar-refractivity contribution in [1.82, 2.24) is 13.9 Å². The van der Waals surface area contributed by atoms with Gasteiger partial charge < -0.3 is 10.1 Å². The second-order valence-corrected chi connectivity index (χ2v) is 13.5. The molecule has 2 fully saturated rings. The van der Waals surface area contributed by atoms with Crippen molar-refractivity contribution >= 4 is 37.6 Å². The number of carbonyl (C=O) groups is 1. The fourth-order valence-electron chi connectivity index (χ4n) is 4.58. The van der Waals surface area contributed by atoms with Crippen molar-refractivity contribution in [2.45, 2.75) is 41.9 Å². The van der Waals surface area contributed by atoms with Crippen molar-refractivity contribution in [2.24, 2.45) is 5.92 Å². The van der Waals surface area contributed by atoms with Gasteiger partial charge in [-0.1, -0.05) is 18.0 Å². The van der Waals surface area contributed by atoms with Crippen LogP contribution in [0.4, 0.5) is 0 Å². The normalized spacial score (nSPS) is 19.9. The number of piperidine rings is 2. The van der Waals surface area contributed by atoms with Gasteiger partial charge in [0.15, 0.2) is 0 Å². The van der Waals surface area contributed by atoms with Gasteiger partial charge in [0.1, 0.15) is 12.4 Å². The van der Waals surface area contributed by atoms with Crippen LogP contribution in [0.1, 0.15) is 32.1 Å². The molecule has 2 aliphatic rings. The van der Waals surface area contributed by atoms with Crippen molar-refractivity contribution < 1.29 is 26.4 Å². The Labute approximate surface area is 223 Å². The average molecular weight is 570 g/mol. The maximum absolute atomic E-state index is 13.0. The molecule has 0 aromatic heterocycles. The first kappa shape index (κ1) is 27.8. The van der Waals surface area contributed by atoms with Crippen LogP contribution in [0.25, 0.3) is 0 Å². The number of nitrogens with zero attached hydrogens (tertiary/aromatic N) is 2. The first-order valence-corrected chi connectivity index (χ1v) is 15.7. The van der Waals surface area contributed by atoms with Crippen molar-refractivity contribution in [2.75, 3.05) is 39.3 Å². The molecule has 2 saturated heterocycles. The molecule has 2 aromatic carbocycles. The Morgan fingerprint density at radius 3 is 2.05 bits per heavy atom. The van der Waals surface area contributed by atoms with Crippen LogP contribution in [0, 0.1) is 5.92 Å². The molecule has 1 unspecified atom stereocenters. The standard InChI is InChI=1S/C25H32ClN3O6S2/c26-21-6-10-23(11-7-21)37(33,34)29-17-4-5-20(19-29)25(30)27-14-18-35-22-8-12-24(13-9-22)36(31,32)28-15-2-1-3-16-28/h6-13,20H,1-5,14-19H2,(H,27,30). The van der Waals surface area contributed by atoms with E-state index in [1.54, 1.807) is 12.1 Å². The zero-order valence-corrected chi connectivity index (χ0v) is 22.9. The Morgan fingerprint density at radius 2 is 1.41 bits per heavy atom. The molecule has 0 radical (unpaired) electrons. The second-order valence-electron chi connectivity index (χ2n) is 9.23. The third-order valence-corrected chi connectivity index (χ3v) is 10.7. The summed E-state index contributed by atoms with van der Waals surface area (Å²) in [6, 6.07) is 12.3. The summed E-state index contributed by atoms with van der Waals surface area (Å²) in [5, 5.41) is 3.27. The Morgan fingerprint density at radius 1 is 0.838 bits per heavy atom. The van der Waals surface area contributed by atoms with Crippen molar-refractivity contribution in [3.8, 4) is 5.75 Å². The number of halogens is 1. The highest BCUT2D eigenvalue weighted by Gasteiger charge is 2.33. The van der Waals surface area contributed by atoms with E-state index in [-0.39, 0.29) is 35.4 Å². The van der Waals surface area contributed by atoms with Gasteiger partial charge in [0.2, 0.25) is 26.0 Å². The molecule has 2 aromatic rings. The van der Waals surface area contributed by atoms with Crippen molar-refractivity contribution in [1.29, 1.82) is 0 Å². The minimum atomic E-state index is -3.70. The molecule has 1 amide bonds. The lowest BCUT2D eigenvalue weighted by Crippen LogP contribution is -2.45. The van der Waals surface area contributed by atoms with Crippen LogP contribution in [-0.2, 0) is 24.8 Å². The zero-order chi connectivity index (χ0) is 26.5. The molecule has 4 rings (SSSR count). The highest BCUT2D eigenvalue weighted by atomic mass is 35.5. The van der Waals surface area contributed by atoms with Crippen LogP contribution in [0.2, 0.25) is 5.02 Å². The summed E-state index contributed by atoms with van der Waals surface area (Å²) in [7, 11) is -7.20. The summed E-state index contributed by atoms with van der Waals surface area (Å²) in [6.07, 6.45) is 4.00. The lowest BCUT2D eigenvalue weighted by molar-refractivity contribution is -0.126. The maximum atomic E-state index is 13.0. The summed E-state index contributed by atoms with van der Waals surface area (Å²) >= 11 is 5.87. The Hall–Kier alpha value is -2.18. The van der Waals surface area contributed by atoms with Gasteiger partial charge in [-0.2, -0.15) is 8.61 Å². The predicted octanol–water partition coefficient (Wildman–Crippen LogP) is 3.11. The summed E-state index contributed by atoms with van der Waals surface area (Å²) in [6.45, 7) is 2.01. The smallest absolute Gasteiger partial charge is 0.243 e. The minimum absolute atomic E-state index is 0.116. The molecule has 1 N–H and O–H groups in total. The van der Waals surface area contributed by atoms with E-state index in [4.69, 9.17) is 16.3 Å². The van der Waals surface area contributed by atoms with Gasteiger partial charge in [-0.25, -0.2) is 16.8 Å². The van der Waals surface area contributed by atoms with E-state index >= 15 is 0 Å². The molecule has 37 heavy (non-hydrogen) atoms. The molecular weight excluding hydrogens is 538 g/mol. The summed E-state index contributed by atoms with van der Waals surface area (Å²) in [5.41, 5.74) is 0. The van der Waals surface area contributed by atoms with Crippen LogP contribution < -0.4 is 10.1 Å². The fourth-order valence-corrected chi connectivity index (χ4v) is 7.75. The largest absolute Gasteiger partial charge is 0.492 e. The highest BCUT2D eigenvalue weighted by molar-refractivity contribution is 7.89. The van der Waals surface area contributed by atoms with E-state index in [0.717, 1.165) is 19.3 Å². The Bertz CT molecular complexity index is 1280. The second kappa shape index (κ2) is 12.1. The summed E-state index contributed by atoms with van der Waals surface area (Å²) in [5.74, 6) is -0.164. The van der Waals surface area contributed by atoms with Crippen LogP contribution in [0.15, 0.2) is 58.3 Å². The maximum Gasteiger partial charge on any atom is 0.243 e. The molecule has 2 heterocycles. The average Bonchev–Trinajstić information content (AvgIpc) is 2.92. The number of ether oxygens (including phenoxy) is 1. The molecule has 0 spiro atoms. The van der Waals surface area contributed by atoms with E-state index in [1.165, 1.54) is 45.0 Å². The number of benzene rings is 2. The Balaban J connectivity index is 1.24. The molecule has 12 heteroatoms. The van der Waals surface area contributed by atoms with Crippen LogP contribution in [-0.4, -0.2) is 70.7 Å².